The second-order valence-corrected chi connectivity index (χ2v) is 6.25. The van der Waals surface area contributed by atoms with E-state index in [1.165, 1.54) is 37.8 Å². The first-order valence-corrected chi connectivity index (χ1v) is 8.98. The molecule has 1 atom stereocenters. The Labute approximate surface area is 140 Å². The van der Waals surface area contributed by atoms with Crippen molar-refractivity contribution in [3.05, 3.63) is 53.9 Å². The second kappa shape index (κ2) is 9.46. The highest BCUT2D eigenvalue weighted by molar-refractivity contribution is 5.62. The molecule has 0 aliphatic carbocycles. The van der Waals surface area contributed by atoms with Crippen LogP contribution in [0.1, 0.15) is 69.7 Å². The zero-order chi connectivity index (χ0) is 16.5. The Bertz CT molecular complexity index is 559. The molecule has 2 heteroatoms. The van der Waals surface area contributed by atoms with Gasteiger partial charge in [-0.25, -0.2) is 0 Å². The summed E-state index contributed by atoms with van der Waals surface area (Å²) in [5.41, 5.74) is 4.45. The molecule has 0 spiro atoms. The maximum atomic E-state index is 9.85. The molecule has 0 fully saturated rings. The van der Waals surface area contributed by atoms with Crippen LogP contribution in [0.4, 0.5) is 0 Å². The molecule has 1 aromatic carbocycles. The van der Waals surface area contributed by atoms with Crippen LogP contribution in [0.25, 0.3) is 11.1 Å². The number of aliphatic hydroxyl groups excluding tert-OH is 1. The minimum Gasteiger partial charge on any atom is -0.388 e. The molecule has 0 radical (unpaired) electrons. The minimum atomic E-state index is -0.364. The predicted molar refractivity (Wildman–Crippen MR) is 97.4 cm³/mol. The standard InChI is InChI=1S/C21H29NO/c1-3-5-6-7-8-9-20-15-14-19(16-22-20)17-10-12-18(13-11-17)21(23)4-2/h10-16,21,23H,3-9H2,1-2H3. The quantitative estimate of drug-likeness (QED) is 0.602. The van der Waals surface area contributed by atoms with Gasteiger partial charge in [-0.3, -0.25) is 4.98 Å². The minimum absolute atomic E-state index is 0.364. The highest BCUT2D eigenvalue weighted by Gasteiger charge is 2.05. The second-order valence-electron chi connectivity index (χ2n) is 6.25. The monoisotopic (exact) mass is 311 g/mol. The Kier molecular flexibility index (Phi) is 7.28. The van der Waals surface area contributed by atoms with Gasteiger partial charge in [-0.1, -0.05) is 69.9 Å². The van der Waals surface area contributed by atoms with Crippen molar-refractivity contribution >= 4 is 0 Å². The van der Waals surface area contributed by atoms with E-state index in [4.69, 9.17) is 0 Å². The van der Waals surface area contributed by atoms with Crippen LogP contribution in [-0.4, -0.2) is 10.1 Å². The summed E-state index contributed by atoms with van der Waals surface area (Å²) in [6, 6.07) is 12.4. The van der Waals surface area contributed by atoms with E-state index in [0.717, 1.165) is 29.5 Å². The van der Waals surface area contributed by atoms with E-state index in [1.807, 2.05) is 25.3 Å². The number of aliphatic hydroxyl groups is 1. The van der Waals surface area contributed by atoms with Gasteiger partial charge in [0.15, 0.2) is 0 Å². The first-order valence-electron chi connectivity index (χ1n) is 8.98. The van der Waals surface area contributed by atoms with E-state index < -0.39 is 0 Å². The fourth-order valence-corrected chi connectivity index (χ4v) is 2.79. The number of hydrogen-bond donors (Lipinski definition) is 1. The van der Waals surface area contributed by atoms with Crippen molar-refractivity contribution in [3.8, 4) is 11.1 Å². The van der Waals surface area contributed by atoms with Crippen LogP contribution in [0, 0.1) is 0 Å². The van der Waals surface area contributed by atoms with Gasteiger partial charge in [0.2, 0.25) is 0 Å². The Morgan fingerprint density at radius 1 is 0.870 bits per heavy atom. The Hall–Kier alpha value is -1.67. The number of benzene rings is 1. The lowest BCUT2D eigenvalue weighted by Gasteiger charge is -2.09. The molecule has 0 saturated heterocycles. The largest absolute Gasteiger partial charge is 0.388 e. The summed E-state index contributed by atoms with van der Waals surface area (Å²) in [5.74, 6) is 0. The van der Waals surface area contributed by atoms with Crippen molar-refractivity contribution in [3.63, 3.8) is 0 Å². The average Bonchev–Trinajstić information content (AvgIpc) is 2.61. The molecule has 0 amide bonds. The number of pyridine rings is 1. The van der Waals surface area contributed by atoms with E-state index >= 15 is 0 Å². The van der Waals surface area contributed by atoms with E-state index in [1.54, 1.807) is 0 Å². The molecule has 2 aromatic rings. The van der Waals surface area contributed by atoms with Gasteiger partial charge >= 0.3 is 0 Å². The van der Waals surface area contributed by atoms with Gasteiger partial charge in [0.05, 0.1) is 6.10 Å². The van der Waals surface area contributed by atoms with Gasteiger partial charge in [0.1, 0.15) is 0 Å². The molecule has 0 aliphatic rings. The molecule has 1 N–H and O–H groups in total. The lowest BCUT2D eigenvalue weighted by Crippen LogP contribution is -1.94. The SMILES string of the molecule is CCCCCCCc1ccc(-c2ccc(C(O)CC)cc2)cn1. The van der Waals surface area contributed by atoms with Crippen molar-refractivity contribution < 1.29 is 5.11 Å². The molecule has 23 heavy (non-hydrogen) atoms. The molecule has 2 nitrogen and oxygen atoms in total. The van der Waals surface area contributed by atoms with Gasteiger partial charge in [-0.05, 0) is 36.5 Å². The third kappa shape index (κ3) is 5.47. The zero-order valence-electron chi connectivity index (χ0n) is 14.5. The normalized spacial score (nSPS) is 12.3. The third-order valence-electron chi connectivity index (χ3n) is 4.38. The van der Waals surface area contributed by atoms with Crippen molar-refractivity contribution in [1.29, 1.82) is 0 Å². The molecular formula is C21H29NO. The summed E-state index contributed by atoms with van der Waals surface area (Å²) in [6.07, 6.45) is 9.93. The number of aromatic nitrogens is 1. The molecule has 0 bridgehead atoms. The molecule has 0 saturated carbocycles. The van der Waals surface area contributed by atoms with Crippen molar-refractivity contribution in [1.82, 2.24) is 4.98 Å². The maximum absolute atomic E-state index is 9.85. The number of rotatable bonds is 9. The maximum Gasteiger partial charge on any atom is 0.0787 e. The van der Waals surface area contributed by atoms with Crippen LogP contribution in [-0.2, 0) is 6.42 Å². The molecule has 0 aliphatic heterocycles. The van der Waals surface area contributed by atoms with E-state index in [0.29, 0.717) is 0 Å². The number of hydrogen-bond acceptors (Lipinski definition) is 2. The average molecular weight is 311 g/mol. The van der Waals surface area contributed by atoms with Gasteiger partial charge in [-0.15, -0.1) is 0 Å². The van der Waals surface area contributed by atoms with Crippen LogP contribution in [0.2, 0.25) is 0 Å². The highest BCUT2D eigenvalue weighted by atomic mass is 16.3. The summed E-state index contributed by atoms with van der Waals surface area (Å²) in [6.45, 7) is 4.24. The van der Waals surface area contributed by atoms with E-state index in [2.05, 4.69) is 36.2 Å². The highest BCUT2D eigenvalue weighted by Crippen LogP contribution is 2.23. The first kappa shape index (κ1) is 17.7. The Morgan fingerprint density at radius 2 is 1.57 bits per heavy atom. The lowest BCUT2D eigenvalue weighted by atomic mass is 10.0. The Balaban J connectivity index is 1.91. The molecule has 1 heterocycles. The summed E-state index contributed by atoms with van der Waals surface area (Å²) in [5, 5.41) is 9.85. The summed E-state index contributed by atoms with van der Waals surface area (Å²) < 4.78 is 0. The fraction of sp³-hybridized carbons (Fsp3) is 0.476. The first-order chi connectivity index (χ1) is 11.2. The van der Waals surface area contributed by atoms with Gasteiger partial charge in [0, 0.05) is 17.5 Å². The number of unbranched alkanes of at least 4 members (excludes halogenated alkanes) is 4. The number of aryl methyl sites for hydroxylation is 1. The van der Waals surface area contributed by atoms with Crippen molar-refractivity contribution in [2.75, 3.05) is 0 Å². The van der Waals surface area contributed by atoms with Crippen LogP contribution in [0.15, 0.2) is 42.6 Å². The van der Waals surface area contributed by atoms with Crippen LogP contribution < -0.4 is 0 Å². The topological polar surface area (TPSA) is 33.1 Å². The van der Waals surface area contributed by atoms with E-state index in [9.17, 15) is 5.11 Å². The van der Waals surface area contributed by atoms with Crippen molar-refractivity contribution in [2.45, 2.75) is 64.9 Å². The summed E-state index contributed by atoms with van der Waals surface area (Å²) >= 11 is 0. The molecule has 2 rings (SSSR count). The molecule has 1 unspecified atom stereocenters. The van der Waals surface area contributed by atoms with Crippen LogP contribution >= 0.6 is 0 Å². The van der Waals surface area contributed by atoms with Gasteiger partial charge in [-0.2, -0.15) is 0 Å². The van der Waals surface area contributed by atoms with E-state index in [-0.39, 0.29) is 6.10 Å². The lowest BCUT2D eigenvalue weighted by molar-refractivity contribution is 0.173. The Morgan fingerprint density at radius 3 is 2.17 bits per heavy atom. The molecule has 124 valence electrons. The smallest absolute Gasteiger partial charge is 0.0787 e. The molecule has 1 aromatic heterocycles. The third-order valence-corrected chi connectivity index (χ3v) is 4.38. The fourth-order valence-electron chi connectivity index (χ4n) is 2.79. The summed E-state index contributed by atoms with van der Waals surface area (Å²) in [7, 11) is 0. The van der Waals surface area contributed by atoms with Gasteiger partial charge in [0.25, 0.3) is 0 Å². The predicted octanol–water partition coefficient (Wildman–Crippen LogP) is 5.70. The van der Waals surface area contributed by atoms with Crippen LogP contribution in [0.5, 0.6) is 0 Å². The summed E-state index contributed by atoms with van der Waals surface area (Å²) in [4.78, 5) is 4.60. The van der Waals surface area contributed by atoms with Gasteiger partial charge < -0.3 is 5.11 Å². The zero-order valence-corrected chi connectivity index (χ0v) is 14.5. The molecular weight excluding hydrogens is 282 g/mol. The van der Waals surface area contributed by atoms with Crippen molar-refractivity contribution in [2.24, 2.45) is 0 Å². The number of nitrogens with zero attached hydrogens (tertiary/aromatic N) is 1. The van der Waals surface area contributed by atoms with Crippen LogP contribution in [0.3, 0.4) is 0 Å².